The molecule has 246 valence electrons. The van der Waals surface area contributed by atoms with Crippen LogP contribution in [-0.2, 0) is 16.6 Å². The van der Waals surface area contributed by atoms with Crippen molar-refractivity contribution < 1.29 is 17.7 Å². The number of benzene rings is 2. The van der Waals surface area contributed by atoms with Gasteiger partial charge in [0.2, 0.25) is 10.0 Å². The summed E-state index contributed by atoms with van der Waals surface area (Å²) in [5, 5.41) is 10.4. The second-order valence-corrected chi connectivity index (χ2v) is 18.3. The van der Waals surface area contributed by atoms with Gasteiger partial charge in [0, 0.05) is 47.3 Å². The highest BCUT2D eigenvalue weighted by molar-refractivity contribution is 7.91. The van der Waals surface area contributed by atoms with Gasteiger partial charge in [0.25, 0.3) is 5.91 Å². The van der Waals surface area contributed by atoms with E-state index in [0.717, 1.165) is 88.4 Å². The Labute approximate surface area is 287 Å². The van der Waals surface area contributed by atoms with Crippen molar-refractivity contribution in [1.29, 1.82) is 0 Å². The molecule has 13 heteroatoms. The molecule has 2 atom stereocenters. The van der Waals surface area contributed by atoms with Crippen LogP contribution in [0.3, 0.4) is 0 Å². The second kappa shape index (κ2) is 10.9. The highest BCUT2D eigenvalue weighted by atomic mass is 35.5. The summed E-state index contributed by atoms with van der Waals surface area (Å²) in [5.41, 5.74) is 4.91. The first-order valence-corrected chi connectivity index (χ1v) is 19.6. The Morgan fingerprint density at radius 1 is 1.06 bits per heavy atom. The van der Waals surface area contributed by atoms with Gasteiger partial charge in [-0.2, -0.15) is 0 Å². The number of hydrogen-bond acceptors (Lipinski definition) is 9. The molecule has 2 aliphatic heterocycles. The molecule has 0 radical (unpaired) electrons. The number of amides is 1. The molecule has 9 nitrogen and oxygen atoms in total. The zero-order valence-corrected chi connectivity index (χ0v) is 29.0. The fourth-order valence-electron chi connectivity index (χ4n) is 7.42. The summed E-state index contributed by atoms with van der Waals surface area (Å²) in [6.45, 7) is 2.33. The fourth-order valence-corrected chi connectivity index (χ4v) is 10.4. The zero-order valence-electron chi connectivity index (χ0n) is 25.9. The van der Waals surface area contributed by atoms with Gasteiger partial charge in [0.1, 0.15) is 11.5 Å². The predicted molar refractivity (Wildman–Crippen MR) is 184 cm³/mol. The molecule has 4 heterocycles. The lowest BCUT2D eigenvalue weighted by Gasteiger charge is -2.55. The van der Waals surface area contributed by atoms with Gasteiger partial charge in [-0.15, -0.1) is 0 Å². The van der Waals surface area contributed by atoms with Crippen LogP contribution in [0.5, 0.6) is 0 Å². The number of nitrogens with one attached hydrogen (secondary N) is 2. The van der Waals surface area contributed by atoms with Crippen molar-refractivity contribution in [2.45, 2.75) is 106 Å². The lowest BCUT2D eigenvalue weighted by Crippen LogP contribution is -2.64. The molecule has 2 N–H and O–H groups in total. The largest absolute Gasteiger partial charge is 0.360 e. The summed E-state index contributed by atoms with van der Waals surface area (Å²) < 4.78 is 33.9. The highest BCUT2D eigenvalue weighted by Crippen LogP contribution is 2.50. The van der Waals surface area contributed by atoms with E-state index in [4.69, 9.17) is 32.7 Å². The first-order valence-electron chi connectivity index (χ1n) is 16.5. The Morgan fingerprint density at radius 2 is 1.77 bits per heavy atom. The summed E-state index contributed by atoms with van der Waals surface area (Å²) in [5.74, 6) is 1.16. The topological polar surface area (TPSA) is 117 Å². The van der Waals surface area contributed by atoms with Crippen LogP contribution in [0, 0.1) is 0 Å². The highest BCUT2D eigenvalue weighted by Gasteiger charge is 2.51. The smallest absolute Gasteiger partial charge is 0.264 e. The van der Waals surface area contributed by atoms with Crippen LogP contribution >= 0.6 is 34.5 Å². The van der Waals surface area contributed by atoms with Crippen LogP contribution in [0.4, 0.5) is 5.13 Å². The van der Waals surface area contributed by atoms with Crippen LogP contribution in [-0.4, -0.2) is 47.3 Å². The van der Waals surface area contributed by atoms with Gasteiger partial charge in [-0.25, -0.2) is 18.1 Å². The lowest BCUT2D eigenvalue weighted by atomic mass is 9.77. The normalized spacial score (nSPS) is 24.7. The molecule has 2 aromatic carbocycles. The van der Waals surface area contributed by atoms with Crippen molar-refractivity contribution in [3.05, 3.63) is 62.8 Å². The number of sulfonamides is 1. The molecule has 2 unspecified atom stereocenters. The Kier molecular flexibility index (Phi) is 7.04. The third kappa shape index (κ3) is 5.28. The summed E-state index contributed by atoms with van der Waals surface area (Å²) >= 11 is 14.8. The number of rotatable bonds is 10. The van der Waals surface area contributed by atoms with E-state index in [1.165, 1.54) is 0 Å². The first-order chi connectivity index (χ1) is 22.6. The SMILES string of the molecule is CC1(S(=O)(=O)NC(=O)c2cc(C3CC3)c3nc(N4C5CC(NCc6c(-c7c(Cl)cccc7Cl)noc6C6CC6)CC4C5)sc3c2)CC1. The quantitative estimate of drug-likeness (QED) is 0.173. The maximum atomic E-state index is 13.2. The molecule has 10 rings (SSSR count). The zero-order chi connectivity index (χ0) is 32.2. The lowest BCUT2D eigenvalue weighted by molar-refractivity contribution is 0.0981. The standard InChI is InChI=1S/C34H35Cl2N5O4S2/c1-34(9-10-34)47(43,44)40-32(42)19-11-23(17-5-6-17)29-27(12-19)46-33(38-29)41-21-13-20(14-22(41)15-21)37-16-24-30(39-45-31(24)18-7-8-18)28-25(35)3-2-4-26(28)36/h2-4,11-12,17-18,20-22,37H,5-10,13-16H2,1H3,(H,40,42). The van der Waals surface area contributed by atoms with Gasteiger partial charge < -0.3 is 14.7 Å². The minimum atomic E-state index is -3.71. The average Bonchev–Trinajstić information content (AvgIpc) is 3.96. The van der Waals surface area contributed by atoms with Crippen molar-refractivity contribution in [3.8, 4) is 11.3 Å². The van der Waals surface area contributed by atoms with Crippen LogP contribution in [0.15, 0.2) is 34.9 Å². The molecule has 6 fully saturated rings. The molecule has 6 aliphatic rings. The molecule has 4 aromatic rings. The summed E-state index contributed by atoms with van der Waals surface area (Å²) in [7, 11) is -3.71. The third-order valence-corrected chi connectivity index (χ3v) is 14.6. The van der Waals surface area contributed by atoms with Gasteiger partial charge in [-0.1, -0.05) is 45.8 Å². The second-order valence-electron chi connectivity index (χ2n) is 14.3. The summed E-state index contributed by atoms with van der Waals surface area (Å²) in [4.78, 5) is 20.8. The number of nitrogens with zero attached hydrogens (tertiary/aromatic N) is 3. The summed E-state index contributed by atoms with van der Waals surface area (Å²) in [6.07, 6.45) is 8.62. The van der Waals surface area contributed by atoms with Crippen molar-refractivity contribution >= 4 is 65.8 Å². The molecule has 2 bridgehead atoms. The first kappa shape index (κ1) is 30.4. The minimum Gasteiger partial charge on any atom is -0.360 e. The van der Waals surface area contributed by atoms with Gasteiger partial charge >= 0.3 is 0 Å². The Balaban J connectivity index is 0.926. The van der Waals surface area contributed by atoms with Gasteiger partial charge in [-0.3, -0.25) is 4.79 Å². The van der Waals surface area contributed by atoms with Crippen LogP contribution < -0.4 is 14.9 Å². The van der Waals surface area contributed by atoms with E-state index in [0.29, 0.717) is 65.0 Å². The van der Waals surface area contributed by atoms with Gasteiger partial charge in [0.05, 0.1) is 25.0 Å². The van der Waals surface area contributed by atoms with E-state index >= 15 is 0 Å². The molecule has 4 aliphatic carbocycles. The van der Waals surface area contributed by atoms with Crippen molar-refractivity contribution in [2.24, 2.45) is 0 Å². The van der Waals surface area contributed by atoms with Gasteiger partial charge in [-0.05, 0) is 100 Å². The maximum Gasteiger partial charge on any atom is 0.264 e. The number of thiazole rings is 1. The van der Waals surface area contributed by atoms with Crippen molar-refractivity contribution in [2.75, 3.05) is 4.90 Å². The number of halogens is 2. The molecular formula is C34H35Cl2N5O4S2. The number of aromatic nitrogens is 2. The van der Waals surface area contributed by atoms with E-state index in [2.05, 4.69) is 20.1 Å². The molecule has 0 spiro atoms. The van der Waals surface area contributed by atoms with E-state index in [9.17, 15) is 13.2 Å². The number of anilines is 1. The molecule has 2 saturated heterocycles. The fraction of sp³-hybridized carbons (Fsp3) is 0.500. The van der Waals surface area contributed by atoms with Crippen molar-refractivity contribution in [1.82, 2.24) is 20.2 Å². The average molecular weight is 713 g/mol. The Morgan fingerprint density at radius 3 is 2.43 bits per heavy atom. The third-order valence-electron chi connectivity index (χ3n) is 10.8. The number of piperidine rings is 1. The maximum absolute atomic E-state index is 13.2. The Hall–Kier alpha value is -2.70. The van der Waals surface area contributed by atoms with Gasteiger partial charge in [0.15, 0.2) is 5.13 Å². The Bertz CT molecular complexity index is 2020. The molecule has 1 amide bonds. The molecular weight excluding hydrogens is 677 g/mol. The number of carbonyl (C=O) groups excluding carboxylic acids is 1. The van der Waals surface area contributed by atoms with E-state index in [1.54, 1.807) is 18.3 Å². The summed E-state index contributed by atoms with van der Waals surface area (Å²) in [6, 6.07) is 10.3. The minimum absolute atomic E-state index is 0.341. The van der Waals surface area contributed by atoms with Crippen molar-refractivity contribution in [3.63, 3.8) is 0 Å². The van der Waals surface area contributed by atoms with E-state index in [1.807, 2.05) is 30.3 Å². The number of fused-ring (bicyclic) bond motifs is 3. The number of carbonyl (C=O) groups is 1. The predicted octanol–water partition coefficient (Wildman–Crippen LogP) is 7.52. The monoisotopic (exact) mass is 711 g/mol. The van der Waals surface area contributed by atoms with Crippen LogP contribution in [0.25, 0.3) is 21.5 Å². The molecule has 4 saturated carbocycles. The van der Waals surface area contributed by atoms with Crippen LogP contribution in [0.2, 0.25) is 10.0 Å². The van der Waals surface area contributed by atoms with E-state index < -0.39 is 20.7 Å². The molecule has 2 aromatic heterocycles. The molecule has 47 heavy (non-hydrogen) atoms. The van der Waals surface area contributed by atoms with E-state index in [-0.39, 0.29) is 0 Å². The number of hydrogen-bond donors (Lipinski definition) is 2. The van der Waals surface area contributed by atoms with Crippen LogP contribution in [0.1, 0.15) is 104 Å².